The van der Waals surface area contributed by atoms with Crippen LogP contribution in [0, 0.1) is 0 Å². The molecule has 246 valence electrons. The number of aliphatic hydroxyl groups is 3. The molecule has 46 heavy (non-hydrogen) atoms. The van der Waals surface area contributed by atoms with E-state index in [9.17, 15) is 49.5 Å². The minimum atomic E-state index is -2.34. The number of phenols is 2. The van der Waals surface area contributed by atoms with Gasteiger partial charge in [-0.2, -0.15) is 0 Å². The largest absolute Gasteiger partial charge is 0.507 e. The number of rotatable bonds is 9. The second-order valence-electron chi connectivity index (χ2n) is 11.6. The number of ether oxygens (including phenoxy) is 3. The second kappa shape index (κ2) is 12.4. The van der Waals surface area contributed by atoms with Crippen LogP contribution in [-0.2, 0) is 30.3 Å². The van der Waals surface area contributed by atoms with Crippen molar-refractivity contribution in [2.75, 3.05) is 13.7 Å². The van der Waals surface area contributed by atoms with E-state index in [1.54, 1.807) is 0 Å². The Bertz CT molecular complexity index is 1640. The lowest BCUT2D eigenvalue weighted by Gasteiger charge is -2.43. The molecular weight excluding hydrogens is 608 g/mol. The highest BCUT2D eigenvalue weighted by molar-refractivity contribution is 6.31. The van der Waals surface area contributed by atoms with E-state index in [0.29, 0.717) is 0 Å². The summed E-state index contributed by atoms with van der Waals surface area (Å²) >= 11 is 0. The number of hydrogen-bond donors (Lipinski definition) is 7. The first-order valence-electron chi connectivity index (χ1n) is 14.5. The standard InChI is InChI=1S/C31H34N2O13/c1-12-26(38)15(33-20(37)7-6-19(32)36)8-21(45-12)46-17-10-31(43,18(35)11-34)9-14-23(17)30(42)25-24(28(14)40)27(39)13-4-3-5-16(44-2)22(13)29(25)41/h3-5,12,15,17,21,26,34,38,40,42-43H,6-11H2,1-2H3,(H2,32,36)(H,33,37)/t12-,15?,17-,21-,26+,31-/m0/s1. The zero-order chi connectivity index (χ0) is 33.7. The van der Waals surface area contributed by atoms with E-state index in [1.165, 1.54) is 32.2 Å². The van der Waals surface area contributed by atoms with Gasteiger partial charge in [0.2, 0.25) is 17.6 Å². The fourth-order valence-electron chi connectivity index (χ4n) is 6.37. The van der Waals surface area contributed by atoms with Crippen LogP contribution in [0.5, 0.6) is 17.2 Å². The first-order valence-corrected chi connectivity index (χ1v) is 14.5. The van der Waals surface area contributed by atoms with E-state index in [-0.39, 0.29) is 47.3 Å². The summed E-state index contributed by atoms with van der Waals surface area (Å²) in [6, 6.07) is 3.34. The van der Waals surface area contributed by atoms with Crippen LogP contribution in [0.15, 0.2) is 18.2 Å². The van der Waals surface area contributed by atoms with Crippen LogP contribution < -0.4 is 15.8 Å². The summed E-state index contributed by atoms with van der Waals surface area (Å²) in [5, 5.41) is 57.4. The third-order valence-electron chi connectivity index (χ3n) is 8.71. The highest BCUT2D eigenvalue weighted by Gasteiger charge is 2.50. The molecule has 0 radical (unpaired) electrons. The molecule has 0 aromatic heterocycles. The monoisotopic (exact) mass is 642 g/mol. The summed E-state index contributed by atoms with van der Waals surface area (Å²) in [5.74, 6) is -5.38. The third kappa shape index (κ3) is 5.60. The molecule has 2 aromatic carbocycles. The number of hydrogen-bond acceptors (Lipinski definition) is 13. The topological polar surface area (TPSA) is 252 Å². The number of carbonyl (C=O) groups excluding carboxylic acids is 5. The van der Waals surface area contributed by atoms with Crippen LogP contribution in [-0.4, -0.2) is 98.6 Å². The van der Waals surface area contributed by atoms with Gasteiger partial charge in [0.1, 0.15) is 35.6 Å². The minimum Gasteiger partial charge on any atom is -0.507 e. The first-order chi connectivity index (χ1) is 21.7. The number of methoxy groups -OCH3 is 1. The molecule has 1 heterocycles. The van der Waals surface area contributed by atoms with E-state index < -0.39 is 107 Å². The Labute approximate surface area is 261 Å². The average Bonchev–Trinajstić information content (AvgIpc) is 3.01. The number of carbonyl (C=O) groups is 5. The molecule has 8 N–H and O–H groups in total. The quantitative estimate of drug-likeness (QED) is 0.145. The number of ketones is 3. The molecule has 0 saturated carbocycles. The Morgan fingerprint density at radius 1 is 1.09 bits per heavy atom. The van der Waals surface area contributed by atoms with Gasteiger partial charge in [0.15, 0.2) is 17.9 Å². The van der Waals surface area contributed by atoms with Crippen molar-refractivity contribution in [2.45, 2.75) is 75.3 Å². The second-order valence-corrected chi connectivity index (χ2v) is 11.6. The number of Topliss-reactive ketones (excluding diaryl/α,β-unsaturated/α-hetero) is 1. The Hall–Kier alpha value is -4.41. The van der Waals surface area contributed by atoms with Gasteiger partial charge in [-0.25, -0.2) is 0 Å². The molecule has 2 amide bonds. The molecule has 2 aliphatic carbocycles. The van der Waals surface area contributed by atoms with Crippen molar-refractivity contribution in [3.63, 3.8) is 0 Å². The van der Waals surface area contributed by atoms with E-state index in [0.717, 1.165) is 0 Å². The molecule has 3 aliphatic rings. The molecule has 1 fully saturated rings. The smallest absolute Gasteiger partial charge is 0.220 e. The molecule has 2 aromatic rings. The van der Waals surface area contributed by atoms with Gasteiger partial charge in [-0.05, 0) is 13.0 Å². The molecule has 5 rings (SSSR count). The number of benzene rings is 2. The van der Waals surface area contributed by atoms with Gasteiger partial charge in [0.25, 0.3) is 0 Å². The van der Waals surface area contributed by atoms with Gasteiger partial charge >= 0.3 is 0 Å². The molecule has 15 nitrogen and oxygen atoms in total. The average molecular weight is 643 g/mol. The SMILES string of the molecule is COc1cccc2c1C(=O)c1c(O)c3c(c(O)c1C2=O)C[C@@](O)(C(=O)CO)C[C@@H]3O[C@H]1CC(NC(=O)CCC(N)=O)[C@H](O)[C@H](C)O1. The molecular formula is C31H34N2O13. The summed E-state index contributed by atoms with van der Waals surface area (Å²) in [6.07, 6.45) is -6.68. The maximum Gasteiger partial charge on any atom is 0.220 e. The van der Waals surface area contributed by atoms with Gasteiger partial charge in [-0.1, -0.05) is 12.1 Å². The van der Waals surface area contributed by atoms with Crippen LogP contribution in [0.1, 0.15) is 81.7 Å². The Balaban J connectivity index is 1.57. The number of fused-ring (bicyclic) bond motifs is 3. The summed E-state index contributed by atoms with van der Waals surface area (Å²) in [4.78, 5) is 63.7. The van der Waals surface area contributed by atoms with E-state index >= 15 is 0 Å². The number of nitrogens with one attached hydrogen (secondary N) is 1. The number of nitrogens with two attached hydrogens (primary N) is 1. The van der Waals surface area contributed by atoms with Gasteiger partial charge in [0.05, 0.1) is 42.0 Å². The van der Waals surface area contributed by atoms with E-state index in [2.05, 4.69) is 5.32 Å². The van der Waals surface area contributed by atoms with Gasteiger partial charge in [0, 0.05) is 48.8 Å². The predicted molar refractivity (Wildman–Crippen MR) is 154 cm³/mol. The summed E-state index contributed by atoms with van der Waals surface area (Å²) in [5.41, 5.74) is 1.02. The number of primary amides is 1. The zero-order valence-corrected chi connectivity index (χ0v) is 24.9. The Morgan fingerprint density at radius 3 is 2.43 bits per heavy atom. The van der Waals surface area contributed by atoms with Gasteiger partial charge in [-0.3, -0.25) is 24.0 Å². The van der Waals surface area contributed by atoms with Crippen LogP contribution in [0.25, 0.3) is 0 Å². The molecule has 0 spiro atoms. The van der Waals surface area contributed by atoms with Crippen molar-refractivity contribution in [1.29, 1.82) is 0 Å². The van der Waals surface area contributed by atoms with Crippen molar-refractivity contribution < 1.29 is 63.7 Å². The molecule has 6 atom stereocenters. The lowest BCUT2D eigenvalue weighted by Crippen LogP contribution is -2.56. The Kier molecular flexibility index (Phi) is 8.90. The van der Waals surface area contributed by atoms with Crippen molar-refractivity contribution in [3.05, 3.63) is 51.6 Å². The number of phenolic OH excluding ortho intramolecular Hbond substituents is 2. The molecule has 15 heteroatoms. The minimum absolute atomic E-state index is 0.0564. The van der Waals surface area contributed by atoms with Gasteiger partial charge in [-0.15, -0.1) is 0 Å². The zero-order valence-electron chi connectivity index (χ0n) is 24.9. The van der Waals surface area contributed by atoms with E-state index in [4.69, 9.17) is 19.9 Å². The lowest BCUT2D eigenvalue weighted by molar-refractivity contribution is -0.249. The maximum absolute atomic E-state index is 13.8. The van der Waals surface area contributed by atoms with Gasteiger partial charge < -0.3 is 50.8 Å². The van der Waals surface area contributed by atoms with E-state index in [1.807, 2.05) is 0 Å². The normalized spacial score (nSPS) is 26.8. The Morgan fingerprint density at radius 2 is 1.78 bits per heavy atom. The first kappa shape index (κ1) is 33.0. The third-order valence-corrected chi connectivity index (χ3v) is 8.71. The molecule has 0 bridgehead atoms. The van der Waals surface area contributed by atoms with Crippen LogP contribution in [0.3, 0.4) is 0 Å². The highest BCUT2D eigenvalue weighted by atomic mass is 16.7. The van der Waals surface area contributed by atoms with Crippen molar-refractivity contribution >= 4 is 29.2 Å². The van der Waals surface area contributed by atoms with Crippen LogP contribution >= 0.6 is 0 Å². The summed E-state index contributed by atoms with van der Waals surface area (Å²) < 4.78 is 17.2. The highest BCUT2D eigenvalue weighted by Crippen LogP contribution is 2.52. The number of aliphatic hydroxyl groups excluding tert-OH is 2. The predicted octanol–water partition coefficient (Wildman–Crippen LogP) is -0.576. The van der Waals surface area contributed by atoms with Crippen molar-refractivity contribution in [1.82, 2.24) is 5.32 Å². The molecule has 1 saturated heterocycles. The van der Waals surface area contributed by atoms with Crippen molar-refractivity contribution in [3.8, 4) is 17.2 Å². The summed E-state index contributed by atoms with van der Waals surface area (Å²) in [7, 11) is 1.30. The van der Waals surface area contributed by atoms with Crippen LogP contribution in [0.2, 0.25) is 0 Å². The number of aromatic hydroxyl groups is 2. The van der Waals surface area contributed by atoms with Crippen LogP contribution in [0.4, 0.5) is 0 Å². The number of amides is 2. The lowest BCUT2D eigenvalue weighted by atomic mass is 9.72. The maximum atomic E-state index is 13.8. The fourth-order valence-corrected chi connectivity index (χ4v) is 6.37. The van der Waals surface area contributed by atoms with Crippen molar-refractivity contribution in [2.24, 2.45) is 5.73 Å². The molecule has 1 aliphatic heterocycles. The summed E-state index contributed by atoms with van der Waals surface area (Å²) in [6.45, 7) is 0.418. The molecule has 1 unspecified atom stereocenters. The fraction of sp³-hybridized carbons (Fsp3) is 0.452.